The molecule has 0 radical (unpaired) electrons. The lowest BCUT2D eigenvalue weighted by Crippen LogP contribution is -2.27. The Kier molecular flexibility index (Phi) is 8.98. The van der Waals surface area contributed by atoms with Gasteiger partial charge in [0.05, 0.1) is 16.3 Å². The van der Waals surface area contributed by atoms with Crippen LogP contribution in [0.3, 0.4) is 0 Å². The average molecular weight is 493 g/mol. The lowest BCUT2D eigenvalue weighted by molar-refractivity contribution is -0.124. The molecular weight excluding hydrogens is 464 g/mol. The fourth-order valence-corrected chi connectivity index (χ4v) is 3.78. The van der Waals surface area contributed by atoms with Crippen molar-refractivity contribution in [2.24, 2.45) is 5.92 Å². The molecule has 1 heterocycles. The zero-order valence-electron chi connectivity index (χ0n) is 20.0. The smallest absolute Gasteiger partial charge is 0.258 e. The number of pyridine rings is 1. The average Bonchev–Trinajstić information content (AvgIpc) is 2.86. The molecule has 3 rings (SSSR count). The summed E-state index contributed by atoms with van der Waals surface area (Å²) in [6.45, 7) is 3.87. The van der Waals surface area contributed by atoms with Crippen LogP contribution in [0.4, 0.5) is 11.5 Å². The maximum absolute atomic E-state index is 12.9. The monoisotopic (exact) mass is 492 g/mol. The summed E-state index contributed by atoms with van der Waals surface area (Å²) in [7, 11) is 1.65. The number of rotatable bonds is 9. The molecule has 0 saturated carbocycles. The molecule has 0 spiro atoms. The summed E-state index contributed by atoms with van der Waals surface area (Å²) < 4.78 is 0. The summed E-state index contributed by atoms with van der Waals surface area (Å²) in [6, 6.07) is 15.7. The van der Waals surface area contributed by atoms with Gasteiger partial charge in [-0.2, -0.15) is 0 Å². The van der Waals surface area contributed by atoms with Crippen molar-refractivity contribution in [1.82, 2.24) is 10.3 Å². The number of anilines is 2. The molecule has 3 aromatic rings. The zero-order chi connectivity index (χ0) is 25.4. The van der Waals surface area contributed by atoms with E-state index in [2.05, 4.69) is 20.9 Å². The highest BCUT2D eigenvalue weighted by atomic mass is 35.5. The molecule has 0 saturated heterocycles. The van der Waals surface area contributed by atoms with Crippen LogP contribution >= 0.6 is 11.6 Å². The van der Waals surface area contributed by atoms with Gasteiger partial charge < -0.3 is 16.0 Å². The van der Waals surface area contributed by atoms with Crippen molar-refractivity contribution in [2.75, 3.05) is 17.7 Å². The number of halogens is 1. The number of amides is 3. The summed E-state index contributed by atoms with van der Waals surface area (Å²) in [5.41, 5.74) is 3.12. The van der Waals surface area contributed by atoms with Crippen molar-refractivity contribution in [3.05, 3.63) is 88.1 Å². The molecule has 35 heavy (non-hydrogen) atoms. The Morgan fingerprint density at radius 3 is 2.34 bits per heavy atom. The van der Waals surface area contributed by atoms with Crippen LogP contribution in [0.15, 0.2) is 60.8 Å². The number of aryl methyl sites for hydroxylation is 2. The van der Waals surface area contributed by atoms with Crippen molar-refractivity contribution in [1.29, 1.82) is 0 Å². The van der Waals surface area contributed by atoms with E-state index in [1.807, 2.05) is 32.0 Å². The summed E-state index contributed by atoms with van der Waals surface area (Å²) in [5.74, 6) is -0.340. The van der Waals surface area contributed by atoms with Crippen LogP contribution in [0.1, 0.15) is 51.6 Å². The van der Waals surface area contributed by atoms with Crippen molar-refractivity contribution >= 4 is 40.8 Å². The molecule has 7 nitrogen and oxygen atoms in total. The van der Waals surface area contributed by atoms with Gasteiger partial charge in [-0.25, -0.2) is 4.98 Å². The second-order valence-corrected chi connectivity index (χ2v) is 8.71. The summed E-state index contributed by atoms with van der Waals surface area (Å²) in [6.07, 6.45) is 3.71. The third-order valence-electron chi connectivity index (χ3n) is 5.74. The Labute approximate surface area is 210 Å². The van der Waals surface area contributed by atoms with E-state index in [-0.39, 0.29) is 17.7 Å². The number of carbonyl (C=O) groups is 3. The van der Waals surface area contributed by atoms with Crippen LogP contribution < -0.4 is 16.0 Å². The number of hydrogen-bond acceptors (Lipinski definition) is 4. The summed E-state index contributed by atoms with van der Waals surface area (Å²) >= 11 is 5.85. The first-order valence-corrected chi connectivity index (χ1v) is 11.8. The van der Waals surface area contributed by atoms with Crippen LogP contribution in [-0.4, -0.2) is 29.8 Å². The molecule has 1 unspecified atom stereocenters. The van der Waals surface area contributed by atoms with Gasteiger partial charge in [0.1, 0.15) is 5.82 Å². The van der Waals surface area contributed by atoms with E-state index in [9.17, 15) is 14.4 Å². The molecule has 0 aliphatic heterocycles. The van der Waals surface area contributed by atoms with Crippen LogP contribution in [-0.2, 0) is 11.2 Å². The molecule has 1 atom stereocenters. The second kappa shape index (κ2) is 12.1. The second-order valence-electron chi connectivity index (χ2n) is 8.27. The maximum atomic E-state index is 12.9. The van der Waals surface area contributed by atoms with Crippen molar-refractivity contribution in [3.63, 3.8) is 0 Å². The van der Waals surface area contributed by atoms with Crippen molar-refractivity contribution in [3.8, 4) is 0 Å². The molecule has 8 heteroatoms. The van der Waals surface area contributed by atoms with E-state index in [1.165, 1.54) is 6.20 Å². The Bertz CT molecular complexity index is 1190. The van der Waals surface area contributed by atoms with Crippen LogP contribution in [0.25, 0.3) is 0 Å². The van der Waals surface area contributed by atoms with Gasteiger partial charge in [0.25, 0.3) is 11.8 Å². The van der Waals surface area contributed by atoms with Gasteiger partial charge in [-0.05, 0) is 68.1 Å². The number of hydrogen-bond donors (Lipinski definition) is 3. The topological polar surface area (TPSA) is 100 Å². The highest BCUT2D eigenvalue weighted by molar-refractivity contribution is 6.30. The fraction of sp³-hybridized carbons (Fsp3) is 0.259. The number of aromatic nitrogens is 1. The van der Waals surface area contributed by atoms with E-state index in [4.69, 9.17) is 11.6 Å². The van der Waals surface area contributed by atoms with Crippen LogP contribution in [0.2, 0.25) is 5.02 Å². The minimum atomic E-state index is -0.393. The van der Waals surface area contributed by atoms with Gasteiger partial charge in [-0.15, -0.1) is 0 Å². The molecule has 0 aliphatic rings. The van der Waals surface area contributed by atoms with Gasteiger partial charge in [0.2, 0.25) is 5.91 Å². The molecule has 3 N–H and O–H groups in total. The van der Waals surface area contributed by atoms with Gasteiger partial charge in [0.15, 0.2) is 0 Å². The zero-order valence-corrected chi connectivity index (χ0v) is 20.8. The van der Waals surface area contributed by atoms with Gasteiger partial charge in [-0.1, -0.05) is 42.3 Å². The van der Waals surface area contributed by atoms with E-state index in [1.54, 1.807) is 43.4 Å². The van der Waals surface area contributed by atoms with Crippen LogP contribution in [0, 0.1) is 12.8 Å². The Morgan fingerprint density at radius 1 is 0.971 bits per heavy atom. The lowest BCUT2D eigenvalue weighted by atomic mass is 9.96. The van der Waals surface area contributed by atoms with E-state index < -0.39 is 5.91 Å². The first-order chi connectivity index (χ1) is 16.8. The maximum Gasteiger partial charge on any atom is 0.258 e. The van der Waals surface area contributed by atoms with Crippen molar-refractivity contribution < 1.29 is 14.4 Å². The largest absolute Gasteiger partial charge is 0.359 e. The van der Waals surface area contributed by atoms with Gasteiger partial charge in [0, 0.05) is 24.7 Å². The van der Waals surface area contributed by atoms with Crippen LogP contribution in [0.5, 0.6) is 0 Å². The Hall–Kier alpha value is -3.71. The number of benzene rings is 2. The minimum absolute atomic E-state index is 0.0304. The molecule has 2 aromatic carbocycles. The molecule has 1 aromatic heterocycles. The predicted molar refractivity (Wildman–Crippen MR) is 139 cm³/mol. The van der Waals surface area contributed by atoms with E-state index in [0.29, 0.717) is 27.7 Å². The molecular formula is C27H29ClN4O3. The molecule has 182 valence electrons. The standard InChI is InChI=1S/C27H29ClN4O3/c1-4-19(25(33)29-3)9-6-18-7-10-20(11-8-18)26(34)31-23-13-5-17(2)15-22(23)27(35)32-24-14-12-21(28)16-30-24/h5,7-8,10-16,19H,4,6,9H2,1-3H3,(H,29,33)(H,31,34)(H,30,32,35). The fourth-order valence-electron chi connectivity index (χ4n) is 3.67. The Balaban J connectivity index is 1.69. The number of nitrogens with zero attached hydrogens (tertiary/aromatic N) is 1. The van der Waals surface area contributed by atoms with E-state index in [0.717, 1.165) is 30.4 Å². The SMILES string of the molecule is CCC(CCc1ccc(C(=O)Nc2ccc(C)cc2C(=O)Nc2ccc(Cl)cn2)cc1)C(=O)NC. The Morgan fingerprint density at radius 2 is 1.71 bits per heavy atom. The molecule has 0 bridgehead atoms. The minimum Gasteiger partial charge on any atom is -0.359 e. The molecule has 0 fully saturated rings. The third kappa shape index (κ3) is 7.13. The van der Waals surface area contributed by atoms with Gasteiger partial charge >= 0.3 is 0 Å². The summed E-state index contributed by atoms with van der Waals surface area (Å²) in [5, 5.41) is 8.73. The normalized spacial score (nSPS) is 11.4. The first-order valence-electron chi connectivity index (χ1n) is 11.5. The molecule has 3 amide bonds. The quantitative estimate of drug-likeness (QED) is 0.379. The lowest BCUT2D eigenvalue weighted by Gasteiger charge is -2.14. The molecule has 0 aliphatic carbocycles. The number of nitrogens with one attached hydrogen (secondary N) is 3. The van der Waals surface area contributed by atoms with Crippen molar-refractivity contribution in [2.45, 2.75) is 33.1 Å². The number of carbonyl (C=O) groups excluding carboxylic acids is 3. The van der Waals surface area contributed by atoms with E-state index >= 15 is 0 Å². The first kappa shape index (κ1) is 25.9. The van der Waals surface area contributed by atoms with Gasteiger partial charge in [-0.3, -0.25) is 14.4 Å². The third-order valence-corrected chi connectivity index (χ3v) is 5.97. The predicted octanol–water partition coefficient (Wildman–Crippen LogP) is 5.25. The highest BCUT2D eigenvalue weighted by Gasteiger charge is 2.17. The summed E-state index contributed by atoms with van der Waals surface area (Å²) in [4.78, 5) is 41.8. The highest BCUT2D eigenvalue weighted by Crippen LogP contribution is 2.21.